The second-order valence-corrected chi connectivity index (χ2v) is 6.99. The van der Waals surface area contributed by atoms with E-state index in [1.807, 2.05) is 31.2 Å². The maximum Gasteiger partial charge on any atom is 0.276 e. The predicted octanol–water partition coefficient (Wildman–Crippen LogP) is 3.86. The Morgan fingerprint density at radius 3 is 2.63 bits per heavy atom. The summed E-state index contributed by atoms with van der Waals surface area (Å²) in [5.74, 6) is 0. The molecule has 136 valence electrons. The second kappa shape index (κ2) is 7.02. The molecule has 0 saturated heterocycles. The molecule has 2 heterocycles. The van der Waals surface area contributed by atoms with Gasteiger partial charge in [-0.3, -0.25) is 4.79 Å². The zero-order chi connectivity index (χ0) is 19.0. The minimum absolute atomic E-state index is 0.140. The van der Waals surface area contributed by atoms with Gasteiger partial charge in [-0.1, -0.05) is 53.6 Å². The van der Waals surface area contributed by atoms with Gasteiger partial charge >= 0.3 is 0 Å². The van der Waals surface area contributed by atoms with Gasteiger partial charge in [0.25, 0.3) is 5.56 Å². The summed E-state index contributed by atoms with van der Waals surface area (Å²) >= 11 is 5.98. The number of benzene rings is 2. The number of aryl methyl sites for hydroxylation is 1. The van der Waals surface area contributed by atoms with Gasteiger partial charge in [0.1, 0.15) is 5.52 Å². The number of fused-ring (bicyclic) bond motifs is 1. The first-order chi connectivity index (χ1) is 13.0. The van der Waals surface area contributed by atoms with Crippen LogP contribution in [0.1, 0.15) is 17.2 Å². The van der Waals surface area contributed by atoms with Crippen LogP contribution in [0.3, 0.4) is 0 Å². The van der Waals surface area contributed by atoms with E-state index in [0.29, 0.717) is 16.1 Å². The molecule has 27 heavy (non-hydrogen) atoms. The molecule has 1 atom stereocenters. The van der Waals surface area contributed by atoms with Crippen LogP contribution in [-0.4, -0.2) is 19.3 Å². The van der Waals surface area contributed by atoms with Crippen LogP contribution in [0.15, 0.2) is 71.8 Å². The van der Waals surface area contributed by atoms with Crippen LogP contribution in [0.4, 0.5) is 0 Å². The molecule has 4 rings (SSSR count). The Labute approximate surface area is 161 Å². The van der Waals surface area contributed by atoms with Crippen molar-refractivity contribution < 1.29 is 5.11 Å². The highest BCUT2D eigenvalue weighted by Gasteiger charge is 2.13. The molecule has 2 aromatic carbocycles. The fourth-order valence-corrected chi connectivity index (χ4v) is 3.24. The molecule has 5 nitrogen and oxygen atoms in total. The van der Waals surface area contributed by atoms with Crippen molar-refractivity contribution in [3.8, 4) is 11.3 Å². The van der Waals surface area contributed by atoms with Crippen LogP contribution in [0, 0.1) is 6.92 Å². The zero-order valence-electron chi connectivity index (χ0n) is 14.7. The molecule has 0 bridgehead atoms. The van der Waals surface area contributed by atoms with Crippen molar-refractivity contribution >= 4 is 17.1 Å². The summed E-state index contributed by atoms with van der Waals surface area (Å²) < 4.78 is 3.06. The number of aliphatic hydroxyl groups is 1. The second-order valence-electron chi connectivity index (χ2n) is 6.55. The van der Waals surface area contributed by atoms with E-state index >= 15 is 0 Å². The predicted molar refractivity (Wildman–Crippen MR) is 106 cm³/mol. The lowest BCUT2D eigenvalue weighted by Crippen LogP contribution is -2.24. The summed E-state index contributed by atoms with van der Waals surface area (Å²) in [6, 6.07) is 16.8. The third kappa shape index (κ3) is 3.52. The van der Waals surface area contributed by atoms with Crippen molar-refractivity contribution in [1.82, 2.24) is 14.2 Å². The molecule has 0 fully saturated rings. The molecule has 0 aliphatic rings. The molecule has 0 saturated carbocycles. The zero-order valence-corrected chi connectivity index (χ0v) is 15.5. The summed E-state index contributed by atoms with van der Waals surface area (Å²) in [6.07, 6.45) is 2.53. The van der Waals surface area contributed by atoms with Gasteiger partial charge < -0.3 is 9.67 Å². The van der Waals surface area contributed by atoms with Gasteiger partial charge in [-0.15, -0.1) is 0 Å². The van der Waals surface area contributed by atoms with E-state index in [2.05, 4.69) is 5.10 Å². The van der Waals surface area contributed by atoms with Crippen LogP contribution in [0.25, 0.3) is 16.8 Å². The molecule has 0 spiro atoms. The fraction of sp³-hybridized carbons (Fsp3) is 0.143. The van der Waals surface area contributed by atoms with E-state index in [0.717, 1.165) is 11.3 Å². The third-order valence-electron chi connectivity index (χ3n) is 4.55. The lowest BCUT2D eigenvalue weighted by Gasteiger charge is -2.13. The van der Waals surface area contributed by atoms with Crippen molar-refractivity contribution in [2.75, 3.05) is 0 Å². The van der Waals surface area contributed by atoms with Crippen molar-refractivity contribution in [3.63, 3.8) is 0 Å². The lowest BCUT2D eigenvalue weighted by molar-refractivity contribution is 0.155. The highest BCUT2D eigenvalue weighted by Crippen LogP contribution is 2.20. The van der Waals surface area contributed by atoms with Gasteiger partial charge in [0, 0.05) is 23.0 Å². The average molecular weight is 380 g/mol. The Kier molecular flexibility index (Phi) is 4.56. The third-order valence-corrected chi connectivity index (χ3v) is 4.79. The summed E-state index contributed by atoms with van der Waals surface area (Å²) in [4.78, 5) is 12.8. The minimum Gasteiger partial charge on any atom is -0.387 e. The van der Waals surface area contributed by atoms with Crippen LogP contribution in [-0.2, 0) is 6.54 Å². The van der Waals surface area contributed by atoms with E-state index in [1.165, 1.54) is 10.1 Å². The topological polar surface area (TPSA) is 59.5 Å². The summed E-state index contributed by atoms with van der Waals surface area (Å²) in [6.45, 7) is 2.16. The largest absolute Gasteiger partial charge is 0.387 e. The van der Waals surface area contributed by atoms with Crippen LogP contribution < -0.4 is 5.56 Å². The number of halogens is 1. The summed E-state index contributed by atoms with van der Waals surface area (Å²) in [7, 11) is 0. The molecule has 0 unspecified atom stereocenters. The maximum atomic E-state index is 12.8. The number of aromatic nitrogens is 3. The number of nitrogens with zero attached hydrogens (tertiary/aromatic N) is 3. The molecule has 0 radical (unpaired) electrons. The SMILES string of the molecule is Cc1ccc(-c2cc3c(=O)n(C[C@@H](O)c4cccc(Cl)c4)ccn3n2)cc1. The smallest absolute Gasteiger partial charge is 0.276 e. The normalized spacial score (nSPS) is 12.4. The van der Waals surface area contributed by atoms with Gasteiger partial charge in [-0.2, -0.15) is 5.10 Å². The highest BCUT2D eigenvalue weighted by atomic mass is 35.5. The standard InChI is InChI=1S/C21H18ClN3O2/c1-14-5-7-15(8-6-14)18-12-19-21(27)24(9-10-25(19)23-18)13-20(26)16-3-2-4-17(22)11-16/h2-12,20,26H,13H2,1H3/t20-/m1/s1. The summed E-state index contributed by atoms with van der Waals surface area (Å²) in [5.41, 5.74) is 3.79. The average Bonchev–Trinajstić information content (AvgIpc) is 3.10. The van der Waals surface area contributed by atoms with Gasteiger partial charge in [0.15, 0.2) is 0 Å². The molecule has 1 N–H and O–H groups in total. The Bertz CT molecular complexity index is 1160. The molecule has 0 aliphatic heterocycles. The van der Waals surface area contributed by atoms with Crippen LogP contribution in [0.2, 0.25) is 5.02 Å². The number of hydrogen-bond acceptors (Lipinski definition) is 3. The first-order valence-corrected chi connectivity index (χ1v) is 8.98. The Morgan fingerprint density at radius 1 is 1.11 bits per heavy atom. The van der Waals surface area contributed by atoms with Gasteiger partial charge in [0.2, 0.25) is 0 Å². The molecular formula is C21H18ClN3O2. The first kappa shape index (κ1) is 17.5. The molecule has 4 aromatic rings. The Morgan fingerprint density at radius 2 is 1.89 bits per heavy atom. The minimum atomic E-state index is -0.830. The number of rotatable bonds is 4. The molecule has 0 amide bonds. The van der Waals surface area contributed by atoms with Gasteiger partial charge in [-0.05, 0) is 30.7 Å². The Hall–Kier alpha value is -2.89. The van der Waals surface area contributed by atoms with E-state index in [-0.39, 0.29) is 12.1 Å². The van der Waals surface area contributed by atoms with E-state index in [4.69, 9.17) is 11.6 Å². The lowest BCUT2D eigenvalue weighted by atomic mass is 10.1. The first-order valence-electron chi connectivity index (χ1n) is 8.61. The van der Waals surface area contributed by atoms with Gasteiger partial charge in [-0.25, -0.2) is 4.52 Å². The van der Waals surface area contributed by atoms with E-state index in [9.17, 15) is 9.90 Å². The van der Waals surface area contributed by atoms with E-state index in [1.54, 1.807) is 47.2 Å². The van der Waals surface area contributed by atoms with Crippen molar-refractivity contribution in [2.45, 2.75) is 19.6 Å². The fourth-order valence-electron chi connectivity index (χ4n) is 3.04. The van der Waals surface area contributed by atoms with Crippen molar-refractivity contribution in [2.24, 2.45) is 0 Å². The number of hydrogen-bond donors (Lipinski definition) is 1. The van der Waals surface area contributed by atoms with Crippen molar-refractivity contribution in [3.05, 3.63) is 93.5 Å². The monoisotopic (exact) mass is 379 g/mol. The van der Waals surface area contributed by atoms with Crippen LogP contribution >= 0.6 is 11.6 Å². The van der Waals surface area contributed by atoms with Crippen molar-refractivity contribution in [1.29, 1.82) is 0 Å². The summed E-state index contributed by atoms with van der Waals surface area (Å²) in [5, 5.41) is 15.5. The molecule has 6 heteroatoms. The van der Waals surface area contributed by atoms with Crippen LogP contribution in [0.5, 0.6) is 0 Å². The Balaban J connectivity index is 1.68. The molecular weight excluding hydrogens is 362 g/mol. The molecule has 2 aromatic heterocycles. The number of aliphatic hydroxyl groups excluding tert-OH is 1. The quantitative estimate of drug-likeness (QED) is 0.585. The van der Waals surface area contributed by atoms with Gasteiger partial charge in [0.05, 0.1) is 18.3 Å². The highest BCUT2D eigenvalue weighted by molar-refractivity contribution is 6.30. The van der Waals surface area contributed by atoms with E-state index < -0.39 is 6.10 Å². The molecule has 0 aliphatic carbocycles. The maximum absolute atomic E-state index is 12.8.